The smallest absolute Gasteiger partial charge is 0.207 e. The summed E-state index contributed by atoms with van der Waals surface area (Å²) in [6.45, 7) is 0. The Morgan fingerprint density at radius 3 is 1.13 bits per heavy atom. The van der Waals surface area contributed by atoms with Crippen LogP contribution in [0.15, 0.2) is 233 Å². The van der Waals surface area contributed by atoms with Gasteiger partial charge in [0.25, 0.3) is 0 Å². The number of para-hydroxylation sites is 3. The maximum absolute atomic E-state index is 15.0. The summed E-state index contributed by atoms with van der Waals surface area (Å²) in [5, 5.41) is 16.7. The molecule has 0 saturated carbocycles. The van der Waals surface area contributed by atoms with Crippen molar-refractivity contribution in [1.29, 1.82) is 5.26 Å². The second-order valence-corrected chi connectivity index (χ2v) is 21.0. The summed E-state index contributed by atoms with van der Waals surface area (Å²) in [5.74, 6) is 0. The zero-order valence-electron chi connectivity index (χ0n) is 37.3. The predicted octanol–water partition coefficient (Wildman–Crippen LogP) is 12.4. The lowest BCUT2D eigenvalue weighted by atomic mass is 10.0. The van der Waals surface area contributed by atoms with Gasteiger partial charge in [0.2, 0.25) is 19.7 Å². The molecule has 0 amide bonds. The first-order valence-electron chi connectivity index (χ1n) is 22.6. The SMILES string of the molecule is N#Cc1c(S(=O)(=O)c2ccccc2)cc(-c2cc(-n3c4ccccc4c4ccncc43)c(-n3c4ccccc4c4ccncc43)c(-n3c4ccccc4c4ccncc43)c2)cc1S(=O)(=O)c1ccccc1. The van der Waals surface area contributed by atoms with E-state index in [2.05, 4.69) is 65.1 Å². The topological polar surface area (TPSA) is 146 Å². The number of sulfone groups is 2. The number of aromatic nitrogens is 6. The summed E-state index contributed by atoms with van der Waals surface area (Å²) >= 11 is 0. The Bertz CT molecular complexity index is 4250. The van der Waals surface area contributed by atoms with Gasteiger partial charge in [-0.25, -0.2) is 16.8 Å². The van der Waals surface area contributed by atoms with E-state index in [0.29, 0.717) is 16.9 Å². The number of rotatable bonds is 8. The van der Waals surface area contributed by atoms with Gasteiger partial charge >= 0.3 is 0 Å². The molecule has 0 bridgehead atoms. The number of hydrogen-bond donors (Lipinski definition) is 0. The van der Waals surface area contributed by atoms with Crippen LogP contribution in [0.1, 0.15) is 5.56 Å². The fourth-order valence-electron chi connectivity index (χ4n) is 10.3. The van der Waals surface area contributed by atoms with E-state index in [4.69, 9.17) is 0 Å². The molecule has 0 atom stereocenters. The number of hydrogen-bond acceptors (Lipinski definition) is 8. The predicted molar refractivity (Wildman–Crippen MR) is 277 cm³/mol. The van der Waals surface area contributed by atoms with Crippen molar-refractivity contribution in [2.45, 2.75) is 19.6 Å². The van der Waals surface area contributed by atoms with Gasteiger partial charge in [0, 0.05) is 50.9 Å². The van der Waals surface area contributed by atoms with Crippen LogP contribution in [0.25, 0.3) is 93.6 Å². The van der Waals surface area contributed by atoms with Gasteiger partial charge in [0.15, 0.2) is 0 Å². The maximum atomic E-state index is 15.0. The minimum absolute atomic E-state index is 0.0935. The Balaban J connectivity index is 1.27. The molecule has 0 spiro atoms. The van der Waals surface area contributed by atoms with E-state index in [9.17, 15) is 22.1 Å². The molecule has 338 valence electrons. The van der Waals surface area contributed by atoms with Crippen molar-refractivity contribution in [1.82, 2.24) is 28.7 Å². The van der Waals surface area contributed by atoms with Gasteiger partial charge in [-0.05, 0) is 96.1 Å². The quantitative estimate of drug-likeness (QED) is 0.146. The second-order valence-electron chi connectivity index (χ2n) is 17.2. The lowest BCUT2D eigenvalue weighted by Gasteiger charge is -2.24. The van der Waals surface area contributed by atoms with Crippen molar-refractivity contribution in [3.05, 3.63) is 219 Å². The molecule has 6 aromatic heterocycles. The molecule has 13 heteroatoms. The Morgan fingerprint density at radius 1 is 0.380 bits per heavy atom. The summed E-state index contributed by atoms with van der Waals surface area (Å²) < 4.78 is 66.5. The van der Waals surface area contributed by atoms with Crippen LogP contribution in [0.3, 0.4) is 0 Å². The molecule has 13 aromatic rings. The van der Waals surface area contributed by atoms with Crippen molar-refractivity contribution in [2.24, 2.45) is 0 Å². The third-order valence-electron chi connectivity index (χ3n) is 13.4. The third kappa shape index (κ3) is 6.29. The van der Waals surface area contributed by atoms with E-state index < -0.39 is 35.0 Å². The zero-order valence-corrected chi connectivity index (χ0v) is 38.9. The molecule has 0 saturated heterocycles. The highest BCUT2D eigenvalue weighted by molar-refractivity contribution is 7.92. The molecule has 0 unspecified atom stereocenters. The molecule has 0 aliphatic heterocycles. The molecule has 11 nitrogen and oxygen atoms in total. The van der Waals surface area contributed by atoms with Crippen LogP contribution in [0.4, 0.5) is 0 Å². The first kappa shape index (κ1) is 41.9. The van der Waals surface area contributed by atoms with Crippen molar-refractivity contribution in [3.8, 4) is 34.3 Å². The Kier molecular flexibility index (Phi) is 9.41. The van der Waals surface area contributed by atoms with Gasteiger partial charge in [-0.2, -0.15) is 5.26 Å². The molecule has 0 aliphatic carbocycles. The number of fused-ring (bicyclic) bond motifs is 9. The van der Waals surface area contributed by atoms with Crippen molar-refractivity contribution < 1.29 is 16.8 Å². The zero-order chi connectivity index (χ0) is 48.0. The molecule has 0 N–H and O–H groups in total. The van der Waals surface area contributed by atoms with E-state index in [1.807, 2.05) is 91.4 Å². The molecule has 0 radical (unpaired) electrons. The first-order valence-corrected chi connectivity index (χ1v) is 25.6. The van der Waals surface area contributed by atoms with Gasteiger partial charge in [-0.1, -0.05) is 91.0 Å². The van der Waals surface area contributed by atoms with E-state index in [1.165, 1.54) is 36.4 Å². The lowest BCUT2D eigenvalue weighted by Crippen LogP contribution is -2.12. The first-order chi connectivity index (χ1) is 34.7. The number of benzene rings is 7. The van der Waals surface area contributed by atoms with Crippen LogP contribution in [0.5, 0.6) is 0 Å². The van der Waals surface area contributed by atoms with E-state index in [0.717, 1.165) is 71.1 Å². The van der Waals surface area contributed by atoms with Crippen LogP contribution in [0, 0.1) is 11.3 Å². The normalized spacial score (nSPS) is 12.2. The Morgan fingerprint density at radius 2 is 0.718 bits per heavy atom. The fourth-order valence-corrected chi connectivity index (χ4v) is 13.3. The second kappa shape index (κ2) is 15.9. The fraction of sp³-hybridized carbons (Fsp3) is 0. The summed E-state index contributed by atoms with van der Waals surface area (Å²) in [6.07, 6.45) is 10.9. The molecule has 13 rings (SSSR count). The van der Waals surface area contributed by atoms with Gasteiger partial charge in [-0.3, -0.25) is 15.0 Å². The molecular formula is C58H35N7O4S2. The summed E-state index contributed by atoms with van der Waals surface area (Å²) in [7, 11) is -9.03. The average Bonchev–Trinajstić information content (AvgIpc) is 4.06. The highest BCUT2D eigenvalue weighted by Gasteiger charge is 2.32. The van der Waals surface area contributed by atoms with Gasteiger partial charge < -0.3 is 13.7 Å². The van der Waals surface area contributed by atoms with Crippen LogP contribution in [-0.2, 0) is 19.7 Å². The van der Waals surface area contributed by atoms with Gasteiger partial charge in [0.1, 0.15) is 6.07 Å². The van der Waals surface area contributed by atoms with Gasteiger partial charge in [0.05, 0.1) is 93.9 Å². The van der Waals surface area contributed by atoms with Crippen LogP contribution in [-0.4, -0.2) is 45.5 Å². The van der Waals surface area contributed by atoms with Crippen molar-refractivity contribution in [2.75, 3.05) is 0 Å². The van der Waals surface area contributed by atoms with Crippen LogP contribution < -0.4 is 0 Å². The summed E-state index contributed by atoms with van der Waals surface area (Å²) in [6, 6.07) is 54.7. The van der Waals surface area contributed by atoms with Crippen LogP contribution in [0.2, 0.25) is 0 Å². The number of pyridine rings is 3. The summed E-state index contributed by atoms with van der Waals surface area (Å²) in [5.41, 5.74) is 7.29. The highest BCUT2D eigenvalue weighted by Crippen LogP contribution is 2.46. The summed E-state index contributed by atoms with van der Waals surface area (Å²) in [4.78, 5) is 12.9. The largest absolute Gasteiger partial charge is 0.305 e. The third-order valence-corrected chi connectivity index (χ3v) is 17.0. The minimum Gasteiger partial charge on any atom is -0.305 e. The van der Waals surface area contributed by atoms with Crippen molar-refractivity contribution >= 4 is 85.1 Å². The maximum Gasteiger partial charge on any atom is 0.207 e. The monoisotopic (exact) mass is 957 g/mol. The van der Waals surface area contributed by atoms with E-state index in [1.54, 1.807) is 55.0 Å². The number of nitriles is 1. The molecule has 71 heavy (non-hydrogen) atoms. The number of nitrogens with zero attached hydrogens (tertiary/aromatic N) is 7. The standard InChI is InChI=1S/C58H35N7O4S2/c59-33-47-56(70(66,67)39-13-3-1-4-14-39)31-38(32-57(47)71(68,69)40-15-5-2-6-16-40)37-29-51(63-48-20-10-7-17-41(48)44-23-26-60-34-53(44)63)58(65-50-22-12-9-19-43(50)46-25-28-62-36-55(46)65)52(30-37)64-49-21-11-8-18-42(49)45-24-27-61-35-54(45)64/h1-32,34-36H. The molecular weight excluding hydrogens is 923 g/mol. The average molecular weight is 958 g/mol. The van der Waals surface area contributed by atoms with Gasteiger partial charge in [-0.15, -0.1) is 0 Å². The van der Waals surface area contributed by atoms with E-state index in [-0.39, 0.29) is 15.4 Å². The van der Waals surface area contributed by atoms with E-state index >= 15 is 0 Å². The molecule has 7 aromatic carbocycles. The molecule has 0 aliphatic rings. The molecule has 0 fully saturated rings. The molecule has 6 heterocycles. The van der Waals surface area contributed by atoms with Crippen LogP contribution >= 0.6 is 0 Å². The minimum atomic E-state index is -4.52. The Labute approximate surface area is 406 Å². The Hall–Kier alpha value is -9.22. The van der Waals surface area contributed by atoms with Crippen molar-refractivity contribution in [3.63, 3.8) is 0 Å². The lowest BCUT2D eigenvalue weighted by molar-refractivity contribution is 0.593. The highest BCUT2D eigenvalue weighted by atomic mass is 32.2.